The molecule has 4 heteroatoms. The second-order valence-corrected chi connectivity index (χ2v) is 6.16. The number of hydrogen-bond donors (Lipinski definition) is 0. The minimum atomic E-state index is -3.29. The number of sulfonamides is 1. The average Bonchev–Trinajstić information content (AvgIpc) is 2.17. The maximum Gasteiger partial charge on any atom is 0.242 e. The van der Waals surface area contributed by atoms with Crippen molar-refractivity contribution >= 4 is 10.0 Å². The van der Waals surface area contributed by atoms with Crippen LogP contribution in [-0.2, 0) is 10.0 Å². The van der Waals surface area contributed by atoms with E-state index in [1.54, 1.807) is 12.1 Å². The van der Waals surface area contributed by atoms with Crippen LogP contribution in [0, 0.1) is 0 Å². The Morgan fingerprint density at radius 3 is 1.87 bits per heavy atom. The molecule has 15 heavy (non-hydrogen) atoms. The second-order valence-electron chi connectivity index (χ2n) is 4.01. The van der Waals surface area contributed by atoms with Gasteiger partial charge in [0.2, 0.25) is 10.0 Å². The smallest absolute Gasteiger partial charge is 0.207 e. The first kappa shape index (κ1) is 12.2. The molecule has 0 heterocycles. The van der Waals surface area contributed by atoms with Crippen molar-refractivity contribution < 1.29 is 8.42 Å². The van der Waals surface area contributed by atoms with Gasteiger partial charge in [0, 0.05) is 14.1 Å². The van der Waals surface area contributed by atoms with E-state index in [1.165, 1.54) is 18.4 Å². The third-order valence-electron chi connectivity index (χ3n) is 2.33. The van der Waals surface area contributed by atoms with Gasteiger partial charge >= 0.3 is 0 Å². The zero-order chi connectivity index (χ0) is 11.6. The van der Waals surface area contributed by atoms with Crippen LogP contribution in [0.4, 0.5) is 0 Å². The summed E-state index contributed by atoms with van der Waals surface area (Å²) in [5, 5.41) is 0. The van der Waals surface area contributed by atoms with Crippen LogP contribution >= 0.6 is 0 Å². The molecular formula is C11H17NO2S. The Morgan fingerprint density at radius 2 is 1.53 bits per heavy atom. The van der Waals surface area contributed by atoms with E-state index in [4.69, 9.17) is 0 Å². The molecule has 84 valence electrons. The fourth-order valence-corrected chi connectivity index (χ4v) is 2.14. The molecule has 0 saturated carbocycles. The second kappa shape index (κ2) is 4.33. The molecule has 1 rings (SSSR count). The SMILES string of the molecule is CC(C)c1ccc(S(=O)(=O)N(C)C)cc1. The van der Waals surface area contributed by atoms with Gasteiger partial charge in [-0.25, -0.2) is 12.7 Å². The lowest BCUT2D eigenvalue weighted by molar-refractivity contribution is 0.520. The highest BCUT2D eigenvalue weighted by Crippen LogP contribution is 2.18. The van der Waals surface area contributed by atoms with Crippen molar-refractivity contribution in [1.82, 2.24) is 4.31 Å². The van der Waals surface area contributed by atoms with E-state index in [0.29, 0.717) is 10.8 Å². The van der Waals surface area contributed by atoms with Crippen LogP contribution in [0.2, 0.25) is 0 Å². The molecule has 0 amide bonds. The highest BCUT2D eigenvalue weighted by molar-refractivity contribution is 7.89. The van der Waals surface area contributed by atoms with Gasteiger partial charge in [-0.15, -0.1) is 0 Å². The zero-order valence-corrected chi connectivity index (χ0v) is 10.4. The normalized spacial score (nSPS) is 12.4. The van der Waals surface area contributed by atoms with E-state index in [9.17, 15) is 8.42 Å². The van der Waals surface area contributed by atoms with Crippen LogP contribution in [0.15, 0.2) is 29.2 Å². The topological polar surface area (TPSA) is 37.4 Å². The lowest BCUT2D eigenvalue weighted by Crippen LogP contribution is -2.22. The van der Waals surface area contributed by atoms with Crippen molar-refractivity contribution in [3.8, 4) is 0 Å². The van der Waals surface area contributed by atoms with Gasteiger partial charge in [-0.1, -0.05) is 26.0 Å². The minimum Gasteiger partial charge on any atom is -0.207 e. The molecule has 0 aliphatic heterocycles. The van der Waals surface area contributed by atoms with E-state index < -0.39 is 10.0 Å². The van der Waals surface area contributed by atoms with Crippen LogP contribution in [0.5, 0.6) is 0 Å². The van der Waals surface area contributed by atoms with Gasteiger partial charge < -0.3 is 0 Å². The first-order valence-corrected chi connectivity index (χ1v) is 6.32. The predicted molar refractivity (Wildman–Crippen MR) is 61.4 cm³/mol. The summed E-state index contributed by atoms with van der Waals surface area (Å²) < 4.78 is 24.7. The summed E-state index contributed by atoms with van der Waals surface area (Å²) in [5.41, 5.74) is 1.15. The number of benzene rings is 1. The van der Waals surface area contributed by atoms with Gasteiger partial charge in [-0.05, 0) is 23.6 Å². The Bertz CT molecular complexity index is 418. The van der Waals surface area contributed by atoms with Gasteiger partial charge in [0.05, 0.1) is 4.90 Å². The van der Waals surface area contributed by atoms with Crippen molar-refractivity contribution in [2.75, 3.05) is 14.1 Å². The van der Waals surface area contributed by atoms with Crippen molar-refractivity contribution in [2.45, 2.75) is 24.7 Å². The third kappa shape index (κ3) is 2.58. The summed E-state index contributed by atoms with van der Waals surface area (Å²) in [7, 11) is -0.219. The van der Waals surface area contributed by atoms with Crippen molar-refractivity contribution in [3.63, 3.8) is 0 Å². The first-order chi connectivity index (χ1) is 6.85. The highest BCUT2D eigenvalue weighted by Gasteiger charge is 2.16. The van der Waals surface area contributed by atoms with Crippen LogP contribution in [-0.4, -0.2) is 26.8 Å². The monoisotopic (exact) mass is 227 g/mol. The zero-order valence-electron chi connectivity index (χ0n) is 9.56. The summed E-state index contributed by atoms with van der Waals surface area (Å²) in [6.45, 7) is 4.16. The molecule has 0 fully saturated rings. The van der Waals surface area contributed by atoms with Crippen LogP contribution < -0.4 is 0 Å². The molecule has 0 bridgehead atoms. The quantitative estimate of drug-likeness (QED) is 0.792. The number of hydrogen-bond acceptors (Lipinski definition) is 2. The number of rotatable bonds is 3. The molecule has 0 radical (unpaired) electrons. The van der Waals surface area contributed by atoms with E-state index >= 15 is 0 Å². The van der Waals surface area contributed by atoms with E-state index in [0.717, 1.165) is 5.56 Å². The van der Waals surface area contributed by atoms with Crippen molar-refractivity contribution in [2.24, 2.45) is 0 Å². The molecule has 0 N–H and O–H groups in total. The van der Waals surface area contributed by atoms with E-state index in [1.807, 2.05) is 12.1 Å². The van der Waals surface area contributed by atoms with Crippen LogP contribution in [0.25, 0.3) is 0 Å². The minimum absolute atomic E-state index is 0.344. The van der Waals surface area contributed by atoms with Gasteiger partial charge in [0.15, 0.2) is 0 Å². The molecule has 0 spiro atoms. The molecule has 0 unspecified atom stereocenters. The Balaban J connectivity index is 3.10. The first-order valence-electron chi connectivity index (χ1n) is 4.88. The predicted octanol–water partition coefficient (Wildman–Crippen LogP) is 2.06. The third-order valence-corrected chi connectivity index (χ3v) is 4.15. The largest absolute Gasteiger partial charge is 0.242 e. The van der Waals surface area contributed by atoms with Crippen LogP contribution in [0.3, 0.4) is 0 Å². The van der Waals surface area contributed by atoms with Crippen molar-refractivity contribution in [3.05, 3.63) is 29.8 Å². The Hall–Kier alpha value is -0.870. The molecule has 0 aliphatic rings. The molecule has 0 aromatic heterocycles. The maximum atomic E-state index is 11.7. The Morgan fingerprint density at radius 1 is 1.07 bits per heavy atom. The summed E-state index contributed by atoms with van der Waals surface area (Å²) in [6.07, 6.45) is 0. The molecular weight excluding hydrogens is 210 g/mol. The molecule has 0 aliphatic carbocycles. The standard InChI is InChI=1S/C11H17NO2S/c1-9(2)10-5-7-11(8-6-10)15(13,14)12(3)4/h5-9H,1-4H3. The van der Waals surface area contributed by atoms with Gasteiger partial charge in [0.1, 0.15) is 0 Å². The van der Waals surface area contributed by atoms with Crippen molar-refractivity contribution in [1.29, 1.82) is 0 Å². The molecule has 0 atom stereocenters. The summed E-state index contributed by atoms with van der Waals surface area (Å²) >= 11 is 0. The molecule has 3 nitrogen and oxygen atoms in total. The van der Waals surface area contributed by atoms with E-state index in [-0.39, 0.29) is 0 Å². The summed E-state index contributed by atoms with van der Waals surface area (Å²) in [6, 6.07) is 7.04. The fraction of sp³-hybridized carbons (Fsp3) is 0.455. The fourth-order valence-electron chi connectivity index (χ4n) is 1.24. The van der Waals surface area contributed by atoms with Crippen LogP contribution in [0.1, 0.15) is 25.3 Å². The summed E-state index contributed by atoms with van der Waals surface area (Å²) in [5.74, 6) is 0.418. The lowest BCUT2D eigenvalue weighted by Gasteiger charge is -2.12. The average molecular weight is 227 g/mol. The molecule has 1 aromatic carbocycles. The maximum absolute atomic E-state index is 11.7. The Kier molecular flexibility index (Phi) is 3.52. The molecule has 1 aromatic rings. The highest BCUT2D eigenvalue weighted by atomic mass is 32.2. The lowest BCUT2D eigenvalue weighted by atomic mass is 10.0. The van der Waals surface area contributed by atoms with Gasteiger partial charge in [-0.3, -0.25) is 0 Å². The molecule has 0 saturated heterocycles. The summed E-state index contributed by atoms with van der Waals surface area (Å²) in [4.78, 5) is 0.344. The Labute approximate surface area is 91.8 Å². The number of nitrogens with zero attached hydrogens (tertiary/aromatic N) is 1. The van der Waals surface area contributed by atoms with Gasteiger partial charge in [-0.2, -0.15) is 0 Å². The van der Waals surface area contributed by atoms with Gasteiger partial charge in [0.25, 0.3) is 0 Å². The van der Waals surface area contributed by atoms with E-state index in [2.05, 4.69) is 13.8 Å².